The van der Waals surface area contributed by atoms with Gasteiger partial charge in [-0.1, -0.05) is 48.6 Å². The molecule has 26 heavy (non-hydrogen) atoms. The predicted octanol–water partition coefficient (Wildman–Crippen LogP) is 3.94. The molecule has 0 fully saturated rings. The Balaban J connectivity index is 1.71. The lowest BCUT2D eigenvalue weighted by atomic mass is 10.1. The van der Waals surface area contributed by atoms with Crippen LogP contribution in [0, 0.1) is 5.82 Å². The normalized spacial score (nSPS) is 10.5. The van der Waals surface area contributed by atoms with Crippen LogP contribution in [0.5, 0.6) is 0 Å². The first-order valence-electron chi connectivity index (χ1n) is 8.09. The summed E-state index contributed by atoms with van der Waals surface area (Å²) in [6.45, 7) is 0.612. The highest BCUT2D eigenvalue weighted by Crippen LogP contribution is 2.13. The Bertz CT molecular complexity index is 775. The fraction of sp³-hybridized carbons (Fsp3) is 0.200. The van der Waals surface area contributed by atoms with Crippen LogP contribution in [0.25, 0.3) is 6.08 Å². The summed E-state index contributed by atoms with van der Waals surface area (Å²) in [7, 11) is 1.20. The number of rotatable bonds is 7. The second-order valence-corrected chi connectivity index (χ2v) is 5.41. The van der Waals surface area contributed by atoms with Crippen LogP contribution in [0.3, 0.4) is 0 Å². The Morgan fingerprint density at radius 3 is 2.62 bits per heavy atom. The van der Waals surface area contributed by atoms with Crippen LogP contribution in [0.15, 0.2) is 54.6 Å². The third-order valence-corrected chi connectivity index (χ3v) is 3.50. The molecule has 0 spiro atoms. The van der Waals surface area contributed by atoms with E-state index in [4.69, 9.17) is 4.74 Å². The van der Waals surface area contributed by atoms with Crippen molar-refractivity contribution in [1.82, 2.24) is 5.32 Å². The topological polar surface area (TPSA) is 64.6 Å². The Kier molecular flexibility index (Phi) is 7.36. The molecular formula is C20H20FNO4. The van der Waals surface area contributed by atoms with E-state index in [1.807, 2.05) is 30.3 Å². The number of hydrogen-bond acceptors (Lipinski definition) is 4. The first-order chi connectivity index (χ1) is 12.6. The van der Waals surface area contributed by atoms with E-state index in [-0.39, 0.29) is 12.2 Å². The van der Waals surface area contributed by atoms with E-state index < -0.39 is 17.9 Å². The van der Waals surface area contributed by atoms with E-state index in [0.29, 0.717) is 18.5 Å². The van der Waals surface area contributed by atoms with Crippen molar-refractivity contribution < 1.29 is 23.5 Å². The first-order valence-corrected chi connectivity index (χ1v) is 8.09. The van der Waals surface area contributed by atoms with Crippen molar-refractivity contribution >= 4 is 18.1 Å². The Morgan fingerprint density at radius 1 is 1.15 bits per heavy atom. The molecule has 5 nitrogen and oxygen atoms in total. The number of carbonyl (C=O) groups is 2. The minimum atomic E-state index is -0.712. The van der Waals surface area contributed by atoms with Gasteiger partial charge in [0.15, 0.2) is 0 Å². The molecule has 0 heterocycles. The average Bonchev–Trinajstić information content (AvgIpc) is 2.66. The van der Waals surface area contributed by atoms with Gasteiger partial charge < -0.3 is 14.8 Å². The summed E-state index contributed by atoms with van der Waals surface area (Å²) in [4.78, 5) is 22.9. The summed E-state index contributed by atoms with van der Waals surface area (Å²) >= 11 is 0. The number of amides is 1. The van der Waals surface area contributed by atoms with E-state index in [0.717, 1.165) is 5.56 Å². The van der Waals surface area contributed by atoms with Crippen molar-refractivity contribution in [3.8, 4) is 0 Å². The molecule has 0 saturated carbocycles. The second-order valence-electron chi connectivity index (χ2n) is 5.41. The zero-order valence-corrected chi connectivity index (χ0v) is 14.4. The molecule has 136 valence electrons. The van der Waals surface area contributed by atoms with Gasteiger partial charge in [0.25, 0.3) is 0 Å². The number of benzene rings is 2. The molecule has 2 aromatic rings. The van der Waals surface area contributed by atoms with Gasteiger partial charge in [0.05, 0.1) is 12.7 Å². The Hall–Kier alpha value is -3.15. The Labute approximate surface area is 151 Å². The SMILES string of the molecule is COC(=O)c1ccc(C=CCCNC(=O)OCc2ccccc2)cc1F. The van der Waals surface area contributed by atoms with Gasteiger partial charge in [0.2, 0.25) is 0 Å². The predicted molar refractivity (Wildman–Crippen MR) is 96.0 cm³/mol. The zero-order chi connectivity index (χ0) is 18.8. The second kappa shape index (κ2) is 9.98. The van der Waals surface area contributed by atoms with E-state index in [1.54, 1.807) is 18.2 Å². The third kappa shape index (κ3) is 6.05. The van der Waals surface area contributed by atoms with Gasteiger partial charge >= 0.3 is 12.1 Å². The molecule has 0 unspecified atom stereocenters. The van der Waals surface area contributed by atoms with Crippen LogP contribution in [-0.2, 0) is 16.1 Å². The van der Waals surface area contributed by atoms with Crippen molar-refractivity contribution in [3.63, 3.8) is 0 Å². The largest absolute Gasteiger partial charge is 0.465 e. The highest BCUT2D eigenvalue weighted by atomic mass is 19.1. The molecule has 0 saturated heterocycles. The summed E-state index contributed by atoms with van der Waals surface area (Å²) in [6.07, 6.45) is 3.57. The maximum atomic E-state index is 13.8. The number of carbonyl (C=O) groups excluding carboxylic acids is 2. The first kappa shape index (κ1) is 19.2. The molecule has 1 N–H and O–H groups in total. The fourth-order valence-electron chi connectivity index (χ4n) is 2.16. The average molecular weight is 357 g/mol. The monoisotopic (exact) mass is 357 g/mol. The molecule has 2 aromatic carbocycles. The lowest BCUT2D eigenvalue weighted by Gasteiger charge is -2.06. The number of ether oxygens (including phenoxy) is 2. The third-order valence-electron chi connectivity index (χ3n) is 3.50. The number of halogens is 1. The molecule has 6 heteroatoms. The van der Waals surface area contributed by atoms with Crippen molar-refractivity contribution in [1.29, 1.82) is 0 Å². The van der Waals surface area contributed by atoms with Crippen molar-refractivity contribution in [3.05, 3.63) is 77.1 Å². The highest BCUT2D eigenvalue weighted by molar-refractivity contribution is 5.89. The number of alkyl carbamates (subject to hydrolysis) is 1. The van der Waals surface area contributed by atoms with Crippen molar-refractivity contribution in [2.24, 2.45) is 0 Å². The number of methoxy groups -OCH3 is 1. The molecule has 1 amide bonds. The summed E-state index contributed by atoms with van der Waals surface area (Å²) < 4.78 is 23.4. The van der Waals surface area contributed by atoms with E-state index in [9.17, 15) is 14.0 Å². The maximum Gasteiger partial charge on any atom is 0.407 e. The van der Waals surface area contributed by atoms with Gasteiger partial charge in [0.1, 0.15) is 12.4 Å². The van der Waals surface area contributed by atoms with Gasteiger partial charge in [-0.3, -0.25) is 0 Å². The van der Waals surface area contributed by atoms with Gasteiger partial charge in [-0.25, -0.2) is 14.0 Å². The summed E-state index contributed by atoms with van der Waals surface area (Å²) in [5, 5.41) is 2.63. The van der Waals surface area contributed by atoms with Crippen LogP contribution < -0.4 is 5.32 Å². The van der Waals surface area contributed by atoms with E-state index >= 15 is 0 Å². The van der Waals surface area contributed by atoms with Gasteiger partial charge in [-0.15, -0.1) is 0 Å². The minimum Gasteiger partial charge on any atom is -0.465 e. The number of nitrogens with one attached hydrogen (secondary N) is 1. The molecule has 0 aliphatic carbocycles. The molecule has 0 aromatic heterocycles. The maximum absolute atomic E-state index is 13.8. The number of hydrogen-bond donors (Lipinski definition) is 1. The number of esters is 1. The molecule has 2 rings (SSSR count). The van der Waals surface area contributed by atoms with Gasteiger partial charge in [-0.05, 0) is 29.7 Å². The zero-order valence-electron chi connectivity index (χ0n) is 14.4. The standard InChI is InChI=1S/C20H20FNO4/c1-25-19(23)17-11-10-15(13-18(17)21)7-5-6-12-22-20(24)26-14-16-8-3-2-4-9-16/h2-5,7-11,13H,6,12,14H2,1H3,(H,22,24). The lowest BCUT2D eigenvalue weighted by molar-refractivity contribution is 0.0595. The van der Waals surface area contributed by atoms with Gasteiger partial charge in [0, 0.05) is 6.54 Å². The van der Waals surface area contributed by atoms with Crippen LogP contribution in [0.2, 0.25) is 0 Å². The summed E-state index contributed by atoms with van der Waals surface area (Å²) in [6, 6.07) is 13.6. The molecular weight excluding hydrogens is 337 g/mol. The lowest BCUT2D eigenvalue weighted by Crippen LogP contribution is -2.24. The Morgan fingerprint density at radius 2 is 1.92 bits per heavy atom. The van der Waals surface area contributed by atoms with E-state index in [1.165, 1.54) is 19.2 Å². The molecule has 0 atom stereocenters. The van der Waals surface area contributed by atoms with Crippen molar-refractivity contribution in [2.45, 2.75) is 13.0 Å². The van der Waals surface area contributed by atoms with E-state index in [2.05, 4.69) is 10.1 Å². The highest BCUT2D eigenvalue weighted by Gasteiger charge is 2.11. The van der Waals surface area contributed by atoms with Crippen LogP contribution in [0.1, 0.15) is 27.9 Å². The smallest absolute Gasteiger partial charge is 0.407 e. The van der Waals surface area contributed by atoms with Crippen LogP contribution in [0.4, 0.5) is 9.18 Å². The quantitative estimate of drug-likeness (QED) is 0.602. The molecule has 0 aliphatic rings. The minimum absolute atomic E-state index is 0.104. The molecule has 0 radical (unpaired) electrons. The summed E-state index contributed by atoms with van der Waals surface area (Å²) in [5.41, 5.74) is 1.43. The van der Waals surface area contributed by atoms with Crippen LogP contribution >= 0.6 is 0 Å². The van der Waals surface area contributed by atoms with Crippen molar-refractivity contribution in [2.75, 3.05) is 13.7 Å². The fourth-order valence-corrected chi connectivity index (χ4v) is 2.16. The molecule has 0 bridgehead atoms. The van der Waals surface area contributed by atoms with Gasteiger partial charge in [-0.2, -0.15) is 0 Å². The summed E-state index contributed by atoms with van der Waals surface area (Å²) in [5.74, 6) is -1.35. The molecule has 0 aliphatic heterocycles. The van der Waals surface area contributed by atoms with Crippen LogP contribution in [-0.4, -0.2) is 25.7 Å².